The van der Waals surface area contributed by atoms with Crippen LogP contribution >= 0.6 is 0 Å². The average molecular weight is 679 g/mol. The third-order valence-corrected chi connectivity index (χ3v) is 10.00. The molecule has 6 heterocycles. The number of halogens is 1. The number of aryl methyl sites for hydroxylation is 2. The summed E-state index contributed by atoms with van der Waals surface area (Å²) in [6.07, 6.45) is 3.32. The minimum atomic E-state index is -0.661. The largest absolute Gasteiger partial charge is 0.421 e. The fourth-order valence-electron chi connectivity index (χ4n) is 7.67. The Morgan fingerprint density at radius 1 is 1.06 bits per heavy atom. The first-order chi connectivity index (χ1) is 24.1. The summed E-state index contributed by atoms with van der Waals surface area (Å²) in [6.45, 7) is 7.89. The smallest absolute Gasteiger partial charge is 0.420 e. The summed E-state index contributed by atoms with van der Waals surface area (Å²) in [5.74, 6) is -0.399. The van der Waals surface area contributed by atoms with Gasteiger partial charge in [-0.05, 0) is 80.8 Å². The van der Waals surface area contributed by atoms with Gasteiger partial charge in [-0.3, -0.25) is 14.3 Å². The first kappa shape index (κ1) is 32.0. The maximum absolute atomic E-state index is 14.4. The molecule has 0 spiro atoms. The van der Waals surface area contributed by atoms with Crippen LogP contribution in [0.4, 0.5) is 4.39 Å². The van der Waals surface area contributed by atoms with Crippen LogP contribution in [0, 0.1) is 30.0 Å². The van der Waals surface area contributed by atoms with Gasteiger partial charge in [0.1, 0.15) is 11.9 Å². The van der Waals surface area contributed by atoms with Crippen molar-refractivity contribution < 1.29 is 27.5 Å². The number of oxazole rings is 1. The average Bonchev–Trinajstić information content (AvgIpc) is 3.75. The highest BCUT2D eigenvalue weighted by molar-refractivity contribution is 6.08. The van der Waals surface area contributed by atoms with Gasteiger partial charge in [0.15, 0.2) is 5.58 Å². The van der Waals surface area contributed by atoms with Crippen LogP contribution < -0.4 is 5.76 Å². The monoisotopic (exact) mass is 678 g/mol. The van der Waals surface area contributed by atoms with Crippen molar-refractivity contribution >= 4 is 17.0 Å². The second-order valence-electron chi connectivity index (χ2n) is 13.9. The molecule has 2 saturated heterocycles. The number of hydrogen-bond donors (Lipinski definition) is 0. The van der Waals surface area contributed by atoms with E-state index in [0.29, 0.717) is 83.6 Å². The Morgan fingerprint density at radius 3 is 2.68 bits per heavy atom. The number of aromatic nitrogens is 4. The number of pyridine rings is 1. The van der Waals surface area contributed by atoms with Crippen molar-refractivity contribution in [2.24, 2.45) is 5.92 Å². The van der Waals surface area contributed by atoms with Gasteiger partial charge >= 0.3 is 5.76 Å². The third kappa shape index (κ3) is 5.58. The van der Waals surface area contributed by atoms with Gasteiger partial charge in [-0.1, -0.05) is 12.1 Å². The number of amides is 1. The number of carbonyl (C=O) groups is 1. The lowest BCUT2D eigenvalue weighted by atomic mass is 9.84. The number of rotatable bonds is 7. The van der Waals surface area contributed by atoms with Crippen molar-refractivity contribution in [2.75, 3.05) is 26.4 Å². The Hall–Kier alpha value is -5.19. The quantitative estimate of drug-likeness (QED) is 0.209. The second kappa shape index (κ2) is 12.3. The second-order valence-corrected chi connectivity index (χ2v) is 13.9. The first-order valence-corrected chi connectivity index (χ1v) is 16.8. The summed E-state index contributed by atoms with van der Waals surface area (Å²) in [5, 5.41) is 17.7. The molecule has 3 aromatic heterocycles. The van der Waals surface area contributed by atoms with E-state index in [1.54, 1.807) is 25.1 Å². The summed E-state index contributed by atoms with van der Waals surface area (Å²) in [6, 6.07) is 11.0. The van der Waals surface area contributed by atoms with Crippen molar-refractivity contribution in [3.8, 4) is 28.7 Å². The predicted molar refractivity (Wildman–Crippen MR) is 178 cm³/mol. The van der Waals surface area contributed by atoms with Gasteiger partial charge in [-0.2, -0.15) is 5.26 Å². The molecular weight excluding hydrogens is 643 g/mol. The molecule has 1 amide bonds. The van der Waals surface area contributed by atoms with E-state index >= 15 is 0 Å². The van der Waals surface area contributed by atoms with Crippen LogP contribution in [0.5, 0.6) is 0 Å². The highest BCUT2D eigenvalue weighted by atomic mass is 19.1. The van der Waals surface area contributed by atoms with Gasteiger partial charge in [0.25, 0.3) is 5.91 Å². The Labute approximate surface area is 286 Å². The molecule has 256 valence electrons. The molecule has 50 heavy (non-hydrogen) atoms. The highest BCUT2D eigenvalue weighted by Crippen LogP contribution is 2.46. The van der Waals surface area contributed by atoms with Gasteiger partial charge in [0, 0.05) is 25.6 Å². The van der Waals surface area contributed by atoms with E-state index in [1.807, 2.05) is 17.0 Å². The molecule has 2 atom stereocenters. The number of ether oxygens (including phenoxy) is 2. The highest BCUT2D eigenvalue weighted by Gasteiger charge is 2.44. The van der Waals surface area contributed by atoms with E-state index in [9.17, 15) is 14.0 Å². The molecule has 2 unspecified atom stereocenters. The molecule has 8 rings (SSSR count). The maximum atomic E-state index is 14.4. The number of hydrogen-bond acceptors (Lipinski definition) is 10. The standard InChI is InChI=1S/C37H35FN6O6/c1-20-41-42-34(49-20)31-26(8-5-21-10-12-48-37(2,3)16-21)40-33-28-19-47-13-11-43(28)35(45)32(33)30(31)23-7-9-27-29(15-23)50-36(46)44(27)18-22-4-6-24(17-39)25(38)14-22/h4,6-7,9,14-15,21,28H,5,8,10-13,16,18-19H2,1-3H3. The molecule has 0 bridgehead atoms. The molecule has 13 heteroatoms. The molecule has 0 radical (unpaired) electrons. The van der Waals surface area contributed by atoms with Crippen LogP contribution in [0.1, 0.15) is 77.9 Å². The minimum absolute atomic E-state index is 0.0350. The molecule has 5 aromatic rings. The van der Waals surface area contributed by atoms with E-state index in [-0.39, 0.29) is 41.1 Å². The molecule has 0 N–H and O–H groups in total. The normalized spacial score (nSPS) is 19.8. The summed E-state index contributed by atoms with van der Waals surface area (Å²) in [5.41, 5.74) is 4.62. The predicted octanol–water partition coefficient (Wildman–Crippen LogP) is 5.74. The zero-order chi connectivity index (χ0) is 34.7. The maximum Gasteiger partial charge on any atom is 0.420 e. The molecule has 3 aliphatic heterocycles. The Balaban J connectivity index is 1.28. The van der Waals surface area contributed by atoms with E-state index in [1.165, 1.54) is 16.7 Å². The Morgan fingerprint density at radius 2 is 1.92 bits per heavy atom. The number of benzene rings is 2. The molecule has 12 nitrogen and oxygen atoms in total. The zero-order valence-electron chi connectivity index (χ0n) is 28.0. The van der Waals surface area contributed by atoms with Gasteiger partial charge < -0.3 is 23.2 Å². The molecule has 2 fully saturated rings. The number of morpholine rings is 1. The van der Waals surface area contributed by atoms with Crippen molar-refractivity contribution in [2.45, 2.75) is 64.6 Å². The van der Waals surface area contributed by atoms with Crippen LogP contribution in [0.2, 0.25) is 0 Å². The lowest BCUT2D eigenvalue weighted by Gasteiger charge is -2.35. The SMILES string of the molecule is Cc1nnc(-c2c(CCC3CCOC(C)(C)C3)nc3c(c2-c2ccc4c(c2)oc(=O)n4Cc2ccc(C#N)c(F)c2)C(=O)N2CCOCC32)o1. The number of nitriles is 1. The molecule has 2 aromatic carbocycles. The van der Waals surface area contributed by atoms with Gasteiger partial charge in [-0.25, -0.2) is 9.18 Å². The van der Waals surface area contributed by atoms with Crippen molar-refractivity contribution in [3.63, 3.8) is 0 Å². The molecule has 0 aliphatic carbocycles. The van der Waals surface area contributed by atoms with Crippen LogP contribution in [0.25, 0.3) is 33.7 Å². The fraction of sp³-hybridized carbons (Fsp3) is 0.405. The minimum Gasteiger partial charge on any atom is -0.421 e. The summed E-state index contributed by atoms with van der Waals surface area (Å²) in [7, 11) is 0. The first-order valence-electron chi connectivity index (χ1n) is 16.8. The van der Waals surface area contributed by atoms with Crippen LogP contribution in [-0.2, 0) is 22.4 Å². The summed E-state index contributed by atoms with van der Waals surface area (Å²) < 4.78 is 39.4. The number of nitrogens with zero attached hydrogens (tertiary/aromatic N) is 6. The third-order valence-electron chi connectivity index (χ3n) is 10.00. The van der Waals surface area contributed by atoms with Crippen LogP contribution in [0.15, 0.2) is 50.0 Å². The van der Waals surface area contributed by atoms with Gasteiger partial charge in [0.05, 0.1) is 65.0 Å². The summed E-state index contributed by atoms with van der Waals surface area (Å²) in [4.78, 5) is 34.4. The lowest BCUT2D eigenvalue weighted by molar-refractivity contribution is -0.0734. The van der Waals surface area contributed by atoms with Crippen molar-refractivity contribution in [3.05, 3.63) is 86.7 Å². The summed E-state index contributed by atoms with van der Waals surface area (Å²) >= 11 is 0. The Kier molecular flexibility index (Phi) is 7.88. The zero-order valence-corrected chi connectivity index (χ0v) is 28.0. The molecule has 0 saturated carbocycles. The van der Waals surface area contributed by atoms with Crippen LogP contribution in [0.3, 0.4) is 0 Å². The van der Waals surface area contributed by atoms with Crippen molar-refractivity contribution in [1.82, 2.24) is 24.6 Å². The van der Waals surface area contributed by atoms with Gasteiger partial charge in [0.2, 0.25) is 11.8 Å². The van der Waals surface area contributed by atoms with E-state index < -0.39 is 11.6 Å². The molecule has 3 aliphatic rings. The lowest BCUT2D eigenvalue weighted by Crippen LogP contribution is -2.38. The topological polar surface area (TPSA) is 150 Å². The number of fused-ring (bicyclic) bond motifs is 4. The number of carbonyl (C=O) groups excluding carboxylic acids is 1. The Bertz CT molecular complexity index is 2260. The fourth-order valence-corrected chi connectivity index (χ4v) is 7.67. The van der Waals surface area contributed by atoms with E-state index in [4.69, 9.17) is 28.6 Å². The van der Waals surface area contributed by atoms with Gasteiger partial charge in [-0.15, -0.1) is 10.2 Å². The van der Waals surface area contributed by atoms with E-state index in [0.717, 1.165) is 25.0 Å². The van der Waals surface area contributed by atoms with Crippen molar-refractivity contribution in [1.29, 1.82) is 5.26 Å². The van der Waals surface area contributed by atoms with Crippen LogP contribution in [-0.4, -0.2) is 62.5 Å². The van der Waals surface area contributed by atoms with E-state index in [2.05, 4.69) is 24.0 Å². The molecular formula is C37H35FN6O6.